The van der Waals surface area contributed by atoms with E-state index in [2.05, 4.69) is 0 Å². The summed E-state index contributed by atoms with van der Waals surface area (Å²) in [6, 6.07) is 5.35. The zero-order valence-corrected chi connectivity index (χ0v) is 12.1. The Morgan fingerprint density at radius 1 is 0.950 bits per heavy atom. The molecule has 0 aliphatic heterocycles. The monoisotopic (exact) mass is 280 g/mol. The Hall–Kier alpha value is -2.04. The van der Waals surface area contributed by atoms with Gasteiger partial charge in [-0.1, -0.05) is 18.2 Å². The molecule has 0 heterocycles. The number of hydrogen-bond acceptors (Lipinski definition) is 5. The molecule has 5 heteroatoms. The van der Waals surface area contributed by atoms with Gasteiger partial charge in [-0.2, -0.15) is 0 Å². The third-order valence-electron chi connectivity index (χ3n) is 2.66. The van der Waals surface area contributed by atoms with E-state index in [0.29, 0.717) is 30.1 Å². The third-order valence-corrected chi connectivity index (χ3v) is 2.66. The molecule has 0 aliphatic rings. The molecule has 0 fully saturated rings. The van der Waals surface area contributed by atoms with Gasteiger partial charge in [0.15, 0.2) is 0 Å². The Bertz CT molecular complexity index is 429. The SMILES string of the molecule is CCOC(=O)Cc1cccc(CC(=O)OCC)c1OC. The molecule has 0 saturated carbocycles. The van der Waals surface area contributed by atoms with Crippen molar-refractivity contribution in [2.75, 3.05) is 20.3 Å². The first kappa shape index (κ1) is 16.0. The van der Waals surface area contributed by atoms with Crippen LogP contribution in [0.15, 0.2) is 18.2 Å². The maximum absolute atomic E-state index is 11.5. The Kier molecular flexibility index (Phi) is 6.56. The highest BCUT2D eigenvalue weighted by Gasteiger charge is 2.15. The van der Waals surface area contributed by atoms with Gasteiger partial charge in [-0.05, 0) is 13.8 Å². The van der Waals surface area contributed by atoms with Crippen LogP contribution >= 0.6 is 0 Å². The van der Waals surface area contributed by atoms with Gasteiger partial charge in [-0.15, -0.1) is 0 Å². The fourth-order valence-electron chi connectivity index (χ4n) is 1.91. The molecule has 0 amide bonds. The van der Waals surface area contributed by atoms with E-state index in [-0.39, 0.29) is 24.8 Å². The van der Waals surface area contributed by atoms with Gasteiger partial charge in [-0.3, -0.25) is 9.59 Å². The summed E-state index contributed by atoms with van der Waals surface area (Å²) in [6.07, 6.45) is 0.237. The summed E-state index contributed by atoms with van der Waals surface area (Å²) in [7, 11) is 1.51. The van der Waals surface area contributed by atoms with E-state index in [1.807, 2.05) is 0 Å². The molecule has 0 aliphatic carbocycles. The molecular formula is C15H20O5. The van der Waals surface area contributed by atoms with Crippen LogP contribution in [0.25, 0.3) is 0 Å². The molecule has 0 unspecified atom stereocenters. The van der Waals surface area contributed by atoms with Crippen molar-refractivity contribution in [1.82, 2.24) is 0 Å². The number of esters is 2. The highest BCUT2D eigenvalue weighted by atomic mass is 16.5. The number of rotatable bonds is 7. The van der Waals surface area contributed by atoms with Gasteiger partial charge < -0.3 is 14.2 Å². The lowest BCUT2D eigenvalue weighted by molar-refractivity contribution is -0.143. The number of para-hydroxylation sites is 1. The molecule has 0 aromatic heterocycles. The summed E-state index contributed by atoms with van der Waals surface area (Å²) in [5.41, 5.74) is 1.40. The second-order valence-electron chi connectivity index (χ2n) is 4.07. The number of carbonyl (C=O) groups is 2. The van der Waals surface area contributed by atoms with E-state index < -0.39 is 0 Å². The molecule has 0 saturated heterocycles. The van der Waals surface area contributed by atoms with Gasteiger partial charge in [-0.25, -0.2) is 0 Å². The molecule has 1 aromatic rings. The van der Waals surface area contributed by atoms with Crippen molar-refractivity contribution in [3.05, 3.63) is 29.3 Å². The first-order valence-electron chi connectivity index (χ1n) is 6.58. The van der Waals surface area contributed by atoms with E-state index in [0.717, 1.165) is 0 Å². The summed E-state index contributed by atoms with van der Waals surface area (Å²) in [4.78, 5) is 23.1. The van der Waals surface area contributed by atoms with Gasteiger partial charge in [0.05, 0.1) is 33.2 Å². The van der Waals surface area contributed by atoms with Crippen molar-refractivity contribution >= 4 is 11.9 Å². The summed E-state index contributed by atoms with van der Waals surface area (Å²) in [5.74, 6) is -0.105. The van der Waals surface area contributed by atoms with Gasteiger partial charge in [0.2, 0.25) is 0 Å². The lowest BCUT2D eigenvalue weighted by Crippen LogP contribution is -2.12. The van der Waals surface area contributed by atoms with Crippen LogP contribution in [0.2, 0.25) is 0 Å². The largest absolute Gasteiger partial charge is 0.496 e. The third kappa shape index (κ3) is 4.57. The van der Waals surface area contributed by atoms with Crippen molar-refractivity contribution in [2.24, 2.45) is 0 Å². The van der Waals surface area contributed by atoms with Gasteiger partial charge in [0, 0.05) is 11.1 Å². The fourth-order valence-corrected chi connectivity index (χ4v) is 1.91. The minimum absolute atomic E-state index is 0.119. The lowest BCUT2D eigenvalue weighted by Gasteiger charge is -2.13. The molecule has 0 spiro atoms. The highest BCUT2D eigenvalue weighted by Crippen LogP contribution is 2.25. The Morgan fingerprint density at radius 3 is 1.75 bits per heavy atom. The lowest BCUT2D eigenvalue weighted by atomic mass is 10.0. The zero-order chi connectivity index (χ0) is 15.0. The number of benzene rings is 1. The normalized spacial score (nSPS) is 9.95. The number of hydrogen-bond donors (Lipinski definition) is 0. The van der Waals surface area contributed by atoms with Crippen LogP contribution in [0.4, 0.5) is 0 Å². The molecule has 20 heavy (non-hydrogen) atoms. The van der Waals surface area contributed by atoms with Crippen molar-refractivity contribution in [3.63, 3.8) is 0 Å². The molecule has 5 nitrogen and oxygen atoms in total. The Balaban J connectivity index is 2.91. The summed E-state index contributed by atoms with van der Waals surface area (Å²) < 4.78 is 15.2. The summed E-state index contributed by atoms with van der Waals surface area (Å²) >= 11 is 0. The van der Waals surface area contributed by atoms with E-state index in [4.69, 9.17) is 14.2 Å². The number of methoxy groups -OCH3 is 1. The maximum atomic E-state index is 11.5. The number of ether oxygens (including phenoxy) is 3. The van der Waals surface area contributed by atoms with Crippen molar-refractivity contribution < 1.29 is 23.8 Å². The minimum atomic E-state index is -0.320. The van der Waals surface area contributed by atoms with Gasteiger partial charge >= 0.3 is 11.9 Å². The van der Waals surface area contributed by atoms with Crippen molar-refractivity contribution in [3.8, 4) is 5.75 Å². The second-order valence-corrected chi connectivity index (χ2v) is 4.07. The van der Waals surface area contributed by atoms with E-state index in [9.17, 15) is 9.59 Å². The maximum Gasteiger partial charge on any atom is 0.310 e. The first-order valence-corrected chi connectivity index (χ1v) is 6.58. The molecule has 1 aromatic carbocycles. The zero-order valence-electron chi connectivity index (χ0n) is 12.1. The van der Waals surface area contributed by atoms with Crippen LogP contribution < -0.4 is 4.74 Å². The topological polar surface area (TPSA) is 61.8 Å². The average Bonchev–Trinajstić information content (AvgIpc) is 2.39. The molecule has 1 rings (SSSR count). The molecule has 0 radical (unpaired) electrons. The van der Waals surface area contributed by atoms with Gasteiger partial charge in [0.25, 0.3) is 0 Å². The predicted molar refractivity (Wildman–Crippen MR) is 73.7 cm³/mol. The predicted octanol–water partition coefficient (Wildman–Crippen LogP) is 1.91. The molecular weight excluding hydrogens is 260 g/mol. The van der Waals surface area contributed by atoms with E-state index >= 15 is 0 Å². The van der Waals surface area contributed by atoms with Crippen molar-refractivity contribution in [1.29, 1.82) is 0 Å². The molecule has 0 bridgehead atoms. The summed E-state index contributed by atoms with van der Waals surface area (Å²) in [6.45, 7) is 4.19. The van der Waals surface area contributed by atoms with Crippen LogP contribution in [-0.4, -0.2) is 32.3 Å². The fraction of sp³-hybridized carbons (Fsp3) is 0.467. The number of carbonyl (C=O) groups excluding carboxylic acids is 2. The van der Waals surface area contributed by atoms with E-state index in [1.165, 1.54) is 7.11 Å². The smallest absolute Gasteiger partial charge is 0.310 e. The Morgan fingerprint density at radius 2 is 1.40 bits per heavy atom. The second kappa shape index (κ2) is 8.19. The first-order chi connectivity index (χ1) is 9.62. The standard InChI is InChI=1S/C15H20O5/c1-4-19-13(16)9-11-7-6-8-12(15(11)18-3)10-14(17)20-5-2/h6-8H,4-5,9-10H2,1-3H3. The van der Waals surface area contributed by atoms with Crippen LogP contribution in [0.3, 0.4) is 0 Å². The Labute approximate surface area is 118 Å². The molecule has 110 valence electrons. The van der Waals surface area contributed by atoms with Crippen LogP contribution in [0.5, 0.6) is 5.75 Å². The van der Waals surface area contributed by atoms with Crippen LogP contribution in [0, 0.1) is 0 Å². The molecule has 0 N–H and O–H groups in total. The highest BCUT2D eigenvalue weighted by molar-refractivity contribution is 5.76. The molecule has 0 atom stereocenters. The van der Waals surface area contributed by atoms with Gasteiger partial charge in [0.1, 0.15) is 5.75 Å². The van der Waals surface area contributed by atoms with Crippen LogP contribution in [0.1, 0.15) is 25.0 Å². The quantitative estimate of drug-likeness (QED) is 0.714. The van der Waals surface area contributed by atoms with E-state index in [1.54, 1.807) is 32.0 Å². The minimum Gasteiger partial charge on any atom is -0.496 e. The summed E-state index contributed by atoms with van der Waals surface area (Å²) in [5, 5.41) is 0. The van der Waals surface area contributed by atoms with Crippen molar-refractivity contribution in [2.45, 2.75) is 26.7 Å². The average molecular weight is 280 g/mol. The van der Waals surface area contributed by atoms with Crippen LogP contribution in [-0.2, 0) is 31.9 Å².